The average Bonchev–Trinajstić information content (AvgIpc) is 2.91. The van der Waals surface area contributed by atoms with Crippen molar-refractivity contribution >= 4 is 38.2 Å². The zero-order valence-corrected chi connectivity index (χ0v) is 15.2. The SMILES string of the molecule is Cc1cc(C)c2sc(=NC(=O)c3cccc4ccccc34)n(C)c2c1. The lowest BCUT2D eigenvalue weighted by Gasteiger charge is -2.02. The molecule has 0 aliphatic heterocycles. The van der Waals surface area contributed by atoms with Crippen LogP contribution in [0.15, 0.2) is 59.6 Å². The minimum atomic E-state index is -0.201. The van der Waals surface area contributed by atoms with E-state index in [-0.39, 0.29) is 5.91 Å². The molecule has 124 valence electrons. The number of hydrogen-bond donors (Lipinski definition) is 0. The summed E-state index contributed by atoms with van der Waals surface area (Å²) in [6.45, 7) is 4.18. The molecule has 0 N–H and O–H groups in total. The van der Waals surface area contributed by atoms with Crippen LogP contribution in [0.25, 0.3) is 21.0 Å². The third-order valence-electron chi connectivity index (χ3n) is 4.46. The molecule has 0 unspecified atom stereocenters. The Balaban J connectivity index is 1.91. The van der Waals surface area contributed by atoms with Crippen LogP contribution in [0.2, 0.25) is 0 Å². The summed E-state index contributed by atoms with van der Waals surface area (Å²) < 4.78 is 3.18. The summed E-state index contributed by atoms with van der Waals surface area (Å²) in [5.74, 6) is -0.201. The molecule has 1 aromatic heterocycles. The minimum Gasteiger partial charge on any atom is -0.319 e. The molecule has 0 aliphatic carbocycles. The van der Waals surface area contributed by atoms with Gasteiger partial charge in [-0.1, -0.05) is 53.8 Å². The van der Waals surface area contributed by atoms with Crippen molar-refractivity contribution in [1.82, 2.24) is 4.57 Å². The summed E-state index contributed by atoms with van der Waals surface area (Å²) in [5, 5.41) is 1.99. The van der Waals surface area contributed by atoms with Crippen molar-refractivity contribution in [3.63, 3.8) is 0 Å². The van der Waals surface area contributed by atoms with Gasteiger partial charge in [-0.25, -0.2) is 0 Å². The third kappa shape index (κ3) is 2.68. The Morgan fingerprint density at radius 3 is 2.64 bits per heavy atom. The first kappa shape index (κ1) is 15.8. The summed E-state index contributed by atoms with van der Waals surface area (Å²) in [6, 6.07) is 18.0. The van der Waals surface area contributed by atoms with Crippen molar-refractivity contribution in [3.8, 4) is 0 Å². The predicted molar refractivity (Wildman–Crippen MR) is 104 cm³/mol. The Labute approximate surface area is 149 Å². The van der Waals surface area contributed by atoms with Gasteiger partial charge in [-0.15, -0.1) is 0 Å². The Kier molecular flexibility index (Phi) is 3.77. The summed E-state index contributed by atoms with van der Waals surface area (Å²) in [4.78, 5) is 18.0. The molecule has 4 aromatic rings. The number of nitrogens with zero attached hydrogens (tertiary/aromatic N) is 2. The van der Waals surface area contributed by atoms with Crippen molar-refractivity contribution in [3.05, 3.63) is 76.1 Å². The van der Waals surface area contributed by atoms with Crippen LogP contribution >= 0.6 is 11.3 Å². The second-order valence-electron chi connectivity index (χ2n) is 6.32. The highest BCUT2D eigenvalue weighted by molar-refractivity contribution is 7.16. The van der Waals surface area contributed by atoms with E-state index in [1.807, 2.05) is 54.1 Å². The van der Waals surface area contributed by atoms with Crippen LogP contribution in [0.5, 0.6) is 0 Å². The van der Waals surface area contributed by atoms with Crippen molar-refractivity contribution in [2.24, 2.45) is 12.0 Å². The van der Waals surface area contributed by atoms with Crippen molar-refractivity contribution in [2.45, 2.75) is 13.8 Å². The molecule has 0 saturated carbocycles. The molecule has 0 fully saturated rings. The average molecular weight is 346 g/mol. The number of fused-ring (bicyclic) bond motifs is 2. The fourth-order valence-corrected chi connectivity index (χ4v) is 4.30. The van der Waals surface area contributed by atoms with Gasteiger partial charge in [0.1, 0.15) is 0 Å². The van der Waals surface area contributed by atoms with E-state index in [0.717, 1.165) is 21.1 Å². The van der Waals surface area contributed by atoms with Gasteiger partial charge in [-0.3, -0.25) is 4.79 Å². The molecule has 3 aromatic carbocycles. The van der Waals surface area contributed by atoms with Crippen LogP contribution < -0.4 is 4.80 Å². The van der Waals surface area contributed by atoms with E-state index in [0.29, 0.717) is 5.56 Å². The highest BCUT2D eigenvalue weighted by Gasteiger charge is 2.11. The van der Waals surface area contributed by atoms with E-state index < -0.39 is 0 Å². The number of carbonyl (C=O) groups is 1. The first-order chi connectivity index (χ1) is 12.0. The molecule has 0 spiro atoms. The van der Waals surface area contributed by atoms with Gasteiger partial charge in [0.15, 0.2) is 4.80 Å². The van der Waals surface area contributed by atoms with Crippen LogP contribution in [-0.2, 0) is 7.05 Å². The molecule has 4 rings (SSSR count). The van der Waals surface area contributed by atoms with Gasteiger partial charge in [0, 0.05) is 12.6 Å². The smallest absolute Gasteiger partial charge is 0.280 e. The third-order valence-corrected chi connectivity index (χ3v) is 5.74. The molecule has 0 bridgehead atoms. The van der Waals surface area contributed by atoms with Crippen LogP contribution in [0.1, 0.15) is 21.5 Å². The highest BCUT2D eigenvalue weighted by Crippen LogP contribution is 2.23. The fourth-order valence-electron chi connectivity index (χ4n) is 3.23. The van der Waals surface area contributed by atoms with Crippen LogP contribution in [-0.4, -0.2) is 10.5 Å². The Bertz CT molecular complexity index is 1190. The normalized spacial score (nSPS) is 12.2. The minimum absolute atomic E-state index is 0.201. The number of benzene rings is 3. The van der Waals surface area contributed by atoms with E-state index >= 15 is 0 Å². The molecule has 1 heterocycles. The maximum absolute atomic E-state index is 12.8. The Hall–Kier alpha value is -2.72. The monoisotopic (exact) mass is 346 g/mol. The predicted octanol–water partition coefficient (Wildman–Crippen LogP) is 4.75. The van der Waals surface area contributed by atoms with Crippen molar-refractivity contribution in [2.75, 3.05) is 0 Å². The van der Waals surface area contributed by atoms with Gasteiger partial charge in [0.25, 0.3) is 5.91 Å². The first-order valence-electron chi connectivity index (χ1n) is 8.18. The molecule has 0 saturated heterocycles. The Morgan fingerprint density at radius 2 is 1.80 bits per heavy atom. The molecule has 3 nitrogen and oxygen atoms in total. The number of aromatic nitrogens is 1. The first-order valence-corrected chi connectivity index (χ1v) is 9.00. The quantitative estimate of drug-likeness (QED) is 0.490. The molecule has 0 aliphatic rings. The summed E-state index contributed by atoms with van der Waals surface area (Å²) >= 11 is 1.56. The summed E-state index contributed by atoms with van der Waals surface area (Å²) in [7, 11) is 1.97. The van der Waals surface area contributed by atoms with Crippen LogP contribution in [0, 0.1) is 13.8 Å². The molecule has 0 radical (unpaired) electrons. The molecule has 1 amide bonds. The number of hydrogen-bond acceptors (Lipinski definition) is 2. The number of aryl methyl sites for hydroxylation is 3. The number of carbonyl (C=O) groups excluding carboxylic acids is 1. The van der Waals surface area contributed by atoms with Gasteiger partial charge in [0.05, 0.1) is 10.2 Å². The number of thiazole rings is 1. The zero-order chi connectivity index (χ0) is 17.6. The lowest BCUT2D eigenvalue weighted by molar-refractivity contribution is 0.0999. The standard InChI is InChI=1S/C21H18N2OS/c1-13-11-14(2)19-18(12-13)23(3)21(25-19)22-20(24)17-10-6-8-15-7-4-5-9-16(15)17/h4-12H,1-3H3. The topological polar surface area (TPSA) is 34.4 Å². The van der Waals surface area contributed by atoms with Gasteiger partial charge in [-0.2, -0.15) is 4.99 Å². The highest BCUT2D eigenvalue weighted by atomic mass is 32.1. The maximum Gasteiger partial charge on any atom is 0.280 e. The molecule has 4 heteroatoms. The van der Waals surface area contributed by atoms with E-state index in [9.17, 15) is 4.79 Å². The van der Waals surface area contributed by atoms with E-state index in [4.69, 9.17) is 0 Å². The summed E-state index contributed by atoms with van der Waals surface area (Å²) in [6.07, 6.45) is 0. The summed E-state index contributed by atoms with van der Waals surface area (Å²) in [5.41, 5.74) is 4.19. The van der Waals surface area contributed by atoms with Crippen molar-refractivity contribution in [1.29, 1.82) is 0 Å². The van der Waals surface area contributed by atoms with Gasteiger partial charge < -0.3 is 4.57 Å². The van der Waals surface area contributed by atoms with Crippen molar-refractivity contribution < 1.29 is 4.79 Å². The second-order valence-corrected chi connectivity index (χ2v) is 7.29. The largest absolute Gasteiger partial charge is 0.319 e. The molecular weight excluding hydrogens is 328 g/mol. The van der Waals surface area contributed by atoms with Crippen LogP contribution in [0.3, 0.4) is 0 Å². The maximum atomic E-state index is 12.8. The molecular formula is C21H18N2OS. The Morgan fingerprint density at radius 1 is 1.04 bits per heavy atom. The lowest BCUT2D eigenvalue weighted by Crippen LogP contribution is -2.13. The van der Waals surface area contributed by atoms with Gasteiger partial charge >= 0.3 is 0 Å². The lowest BCUT2D eigenvalue weighted by atomic mass is 10.0. The number of rotatable bonds is 1. The molecule has 0 atom stereocenters. The second kappa shape index (κ2) is 5.97. The van der Waals surface area contributed by atoms with E-state index in [2.05, 4.69) is 31.0 Å². The fraction of sp³-hybridized carbons (Fsp3) is 0.143. The number of amides is 1. The van der Waals surface area contributed by atoms with E-state index in [1.165, 1.54) is 15.8 Å². The molecule has 25 heavy (non-hydrogen) atoms. The zero-order valence-electron chi connectivity index (χ0n) is 14.4. The van der Waals surface area contributed by atoms with E-state index in [1.54, 1.807) is 11.3 Å². The van der Waals surface area contributed by atoms with Gasteiger partial charge in [0.2, 0.25) is 0 Å². The van der Waals surface area contributed by atoms with Gasteiger partial charge in [-0.05, 0) is 47.9 Å². The van der Waals surface area contributed by atoms with Crippen LogP contribution in [0.4, 0.5) is 0 Å².